The number of rotatable bonds is 6. The third-order valence-corrected chi connectivity index (χ3v) is 3.75. The Kier molecular flexibility index (Phi) is 5.24. The van der Waals surface area contributed by atoms with Crippen LogP contribution >= 0.6 is 0 Å². The van der Waals surface area contributed by atoms with Crippen LogP contribution in [0.15, 0.2) is 18.3 Å². The molecule has 1 fully saturated rings. The van der Waals surface area contributed by atoms with E-state index in [2.05, 4.69) is 15.2 Å². The van der Waals surface area contributed by atoms with Gasteiger partial charge < -0.3 is 15.0 Å². The normalized spacial score (nSPS) is 21.7. The van der Waals surface area contributed by atoms with Gasteiger partial charge >= 0.3 is 0 Å². The maximum Gasteiger partial charge on any atom is 0.141 e. The van der Waals surface area contributed by atoms with Gasteiger partial charge in [-0.05, 0) is 32.0 Å². The van der Waals surface area contributed by atoms with Gasteiger partial charge in [-0.2, -0.15) is 0 Å². The highest BCUT2D eigenvalue weighted by Crippen LogP contribution is 2.18. The minimum absolute atomic E-state index is 0.169. The number of likely N-dealkylation sites (tertiary alicyclic amines) is 1. The zero-order valence-electron chi connectivity index (χ0n) is 11.6. The molecule has 106 valence electrons. The van der Waals surface area contributed by atoms with E-state index in [-0.39, 0.29) is 11.9 Å². The SMILES string of the molecule is CNC(CCN1CCC(OC)C1)c1ccc(F)cn1. The minimum atomic E-state index is -0.291. The summed E-state index contributed by atoms with van der Waals surface area (Å²) in [5.74, 6) is -0.291. The van der Waals surface area contributed by atoms with Crippen LogP contribution in [0.5, 0.6) is 0 Å². The van der Waals surface area contributed by atoms with E-state index in [1.165, 1.54) is 12.3 Å². The van der Waals surface area contributed by atoms with E-state index in [0.29, 0.717) is 6.10 Å². The molecule has 4 nitrogen and oxygen atoms in total. The Hall–Kier alpha value is -1.04. The molecule has 0 spiro atoms. The lowest BCUT2D eigenvalue weighted by molar-refractivity contribution is 0.107. The maximum absolute atomic E-state index is 12.9. The third kappa shape index (κ3) is 3.96. The van der Waals surface area contributed by atoms with Gasteiger partial charge in [-0.15, -0.1) is 0 Å². The summed E-state index contributed by atoms with van der Waals surface area (Å²) in [6, 6.07) is 3.38. The molecular formula is C14H22FN3O. The van der Waals surface area contributed by atoms with Crippen LogP contribution in [-0.2, 0) is 4.74 Å². The van der Waals surface area contributed by atoms with Gasteiger partial charge in [0, 0.05) is 26.7 Å². The van der Waals surface area contributed by atoms with Crippen LogP contribution < -0.4 is 5.32 Å². The van der Waals surface area contributed by atoms with Crippen molar-refractivity contribution in [3.63, 3.8) is 0 Å². The number of ether oxygens (including phenoxy) is 1. The standard InChI is InChI=1S/C14H22FN3O/c1-16-13(14-4-3-11(15)9-17-14)6-8-18-7-5-12(10-18)19-2/h3-4,9,12-13,16H,5-8,10H2,1-2H3. The minimum Gasteiger partial charge on any atom is -0.380 e. The number of nitrogens with one attached hydrogen (secondary N) is 1. The molecule has 1 N–H and O–H groups in total. The molecule has 2 rings (SSSR count). The highest BCUT2D eigenvalue weighted by atomic mass is 19.1. The molecule has 1 aliphatic rings. The Balaban J connectivity index is 1.84. The van der Waals surface area contributed by atoms with E-state index in [1.54, 1.807) is 13.2 Å². The van der Waals surface area contributed by atoms with Crippen LogP contribution in [0.3, 0.4) is 0 Å². The first-order chi connectivity index (χ1) is 9.22. The molecule has 5 heteroatoms. The van der Waals surface area contributed by atoms with Crippen molar-refractivity contribution in [1.29, 1.82) is 0 Å². The average molecular weight is 267 g/mol. The van der Waals surface area contributed by atoms with Crippen LogP contribution in [0.4, 0.5) is 4.39 Å². The van der Waals surface area contributed by atoms with Crippen molar-refractivity contribution in [2.75, 3.05) is 33.8 Å². The number of aromatic nitrogens is 1. The fourth-order valence-corrected chi connectivity index (χ4v) is 2.54. The van der Waals surface area contributed by atoms with Gasteiger partial charge in [-0.3, -0.25) is 4.98 Å². The second kappa shape index (κ2) is 6.93. The zero-order valence-corrected chi connectivity index (χ0v) is 11.6. The van der Waals surface area contributed by atoms with Crippen molar-refractivity contribution in [3.05, 3.63) is 29.8 Å². The Bertz CT molecular complexity index is 385. The first-order valence-corrected chi connectivity index (χ1v) is 6.76. The molecule has 1 aromatic heterocycles. The van der Waals surface area contributed by atoms with Crippen molar-refractivity contribution >= 4 is 0 Å². The van der Waals surface area contributed by atoms with Crippen LogP contribution in [0.25, 0.3) is 0 Å². The van der Waals surface area contributed by atoms with E-state index in [9.17, 15) is 4.39 Å². The number of methoxy groups -OCH3 is 1. The van der Waals surface area contributed by atoms with E-state index in [0.717, 1.165) is 38.2 Å². The Morgan fingerprint density at radius 3 is 3.00 bits per heavy atom. The van der Waals surface area contributed by atoms with Crippen LogP contribution in [0, 0.1) is 5.82 Å². The lowest BCUT2D eigenvalue weighted by atomic mass is 10.1. The van der Waals surface area contributed by atoms with Crippen molar-refractivity contribution < 1.29 is 9.13 Å². The third-order valence-electron chi connectivity index (χ3n) is 3.75. The summed E-state index contributed by atoms with van der Waals surface area (Å²) in [5.41, 5.74) is 0.895. The Morgan fingerprint density at radius 1 is 1.58 bits per heavy atom. The first-order valence-electron chi connectivity index (χ1n) is 6.76. The van der Waals surface area contributed by atoms with Gasteiger partial charge in [0.25, 0.3) is 0 Å². The van der Waals surface area contributed by atoms with Gasteiger partial charge in [0.2, 0.25) is 0 Å². The summed E-state index contributed by atoms with van der Waals surface area (Å²) in [7, 11) is 3.69. The van der Waals surface area contributed by atoms with E-state index in [4.69, 9.17) is 4.74 Å². The predicted molar refractivity (Wildman–Crippen MR) is 72.5 cm³/mol. The number of hydrogen-bond acceptors (Lipinski definition) is 4. The molecule has 2 heterocycles. The molecule has 0 amide bonds. The molecule has 0 radical (unpaired) electrons. The smallest absolute Gasteiger partial charge is 0.141 e. The summed E-state index contributed by atoms with van der Waals surface area (Å²) < 4.78 is 18.2. The van der Waals surface area contributed by atoms with E-state index >= 15 is 0 Å². The molecule has 1 aromatic rings. The molecular weight excluding hydrogens is 245 g/mol. The Morgan fingerprint density at radius 2 is 2.42 bits per heavy atom. The number of halogens is 1. The molecule has 1 saturated heterocycles. The molecule has 0 bridgehead atoms. The molecule has 0 aromatic carbocycles. The van der Waals surface area contributed by atoms with Crippen molar-refractivity contribution in [1.82, 2.24) is 15.2 Å². The fraction of sp³-hybridized carbons (Fsp3) is 0.643. The average Bonchev–Trinajstić information content (AvgIpc) is 2.89. The lowest BCUT2D eigenvalue weighted by Crippen LogP contribution is -2.28. The largest absolute Gasteiger partial charge is 0.380 e. The van der Waals surface area contributed by atoms with Gasteiger partial charge in [-0.1, -0.05) is 0 Å². The second-order valence-electron chi connectivity index (χ2n) is 4.98. The van der Waals surface area contributed by atoms with Crippen LogP contribution in [0.1, 0.15) is 24.6 Å². The summed E-state index contributed by atoms with van der Waals surface area (Å²) in [4.78, 5) is 6.55. The highest BCUT2D eigenvalue weighted by molar-refractivity contribution is 5.09. The summed E-state index contributed by atoms with van der Waals surface area (Å²) in [5, 5.41) is 3.24. The van der Waals surface area contributed by atoms with Crippen molar-refractivity contribution in [2.24, 2.45) is 0 Å². The molecule has 2 unspecified atom stereocenters. The second-order valence-corrected chi connectivity index (χ2v) is 4.98. The van der Waals surface area contributed by atoms with Crippen molar-refractivity contribution in [2.45, 2.75) is 25.0 Å². The van der Waals surface area contributed by atoms with E-state index in [1.807, 2.05) is 7.05 Å². The highest BCUT2D eigenvalue weighted by Gasteiger charge is 2.22. The lowest BCUT2D eigenvalue weighted by Gasteiger charge is -2.20. The first kappa shape index (κ1) is 14.4. The summed E-state index contributed by atoms with van der Waals surface area (Å²) in [6.07, 6.45) is 3.72. The van der Waals surface area contributed by atoms with Crippen LogP contribution in [-0.4, -0.2) is 49.8 Å². The number of hydrogen-bond donors (Lipinski definition) is 1. The topological polar surface area (TPSA) is 37.4 Å². The molecule has 0 aliphatic carbocycles. The quantitative estimate of drug-likeness (QED) is 0.849. The molecule has 2 atom stereocenters. The van der Waals surface area contributed by atoms with Gasteiger partial charge in [0.1, 0.15) is 5.82 Å². The van der Waals surface area contributed by atoms with E-state index < -0.39 is 0 Å². The fourth-order valence-electron chi connectivity index (χ4n) is 2.54. The van der Waals surface area contributed by atoms with Crippen molar-refractivity contribution in [3.8, 4) is 0 Å². The predicted octanol–water partition coefficient (Wildman–Crippen LogP) is 1.59. The monoisotopic (exact) mass is 267 g/mol. The van der Waals surface area contributed by atoms with Gasteiger partial charge in [-0.25, -0.2) is 4.39 Å². The molecule has 19 heavy (non-hydrogen) atoms. The number of pyridine rings is 1. The van der Waals surface area contributed by atoms with Crippen LogP contribution in [0.2, 0.25) is 0 Å². The molecule has 0 saturated carbocycles. The summed E-state index contributed by atoms with van der Waals surface area (Å²) >= 11 is 0. The zero-order chi connectivity index (χ0) is 13.7. The number of nitrogens with zero attached hydrogens (tertiary/aromatic N) is 2. The van der Waals surface area contributed by atoms with Gasteiger partial charge in [0.15, 0.2) is 0 Å². The summed E-state index contributed by atoms with van der Waals surface area (Å²) in [6.45, 7) is 3.10. The maximum atomic E-state index is 12.9. The molecule has 1 aliphatic heterocycles. The Labute approximate surface area is 114 Å². The van der Waals surface area contributed by atoms with Gasteiger partial charge in [0.05, 0.1) is 24.0 Å².